The lowest BCUT2D eigenvalue weighted by molar-refractivity contribution is 0.112. The molecule has 128 valence electrons. The van der Waals surface area contributed by atoms with Gasteiger partial charge in [0.25, 0.3) is 5.56 Å². The van der Waals surface area contributed by atoms with E-state index < -0.39 is 11.1 Å². The molecular weight excluding hydrogens is 406 g/mol. The number of halogens is 1. The van der Waals surface area contributed by atoms with Gasteiger partial charge in [-0.2, -0.15) is 0 Å². The van der Waals surface area contributed by atoms with Crippen molar-refractivity contribution in [1.82, 2.24) is 4.57 Å². The third-order valence-corrected chi connectivity index (χ3v) is 4.95. The maximum Gasteiger partial charge on any atom is 0.258 e. The first-order chi connectivity index (χ1) is 12.0. The van der Waals surface area contributed by atoms with Crippen LogP contribution in [0.4, 0.5) is 0 Å². The van der Waals surface area contributed by atoms with Crippen LogP contribution < -0.4 is 5.56 Å². The summed E-state index contributed by atoms with van der Waals surface area (Å²) >= 11 is 1.47. The first kappa shape index (κ1) is 17.7. The molecule has 0 aliphatic heterocycles. The zero-order valence-electron chi connectivity index (χ0n) is 13.0. The first-order valence-corrected chi connectivity index (χ1v) is 9.48. The van der Waals surface area contributed by atoms with Gasteiger partial charge in [-0.1, -0.05) is 40.2 Å². The van der Waals surface area contributed by atoms with E-state index in [0.29, 0.717) is 22.9 Å². The highest BCUT2D eigenvalue weighted by Crippen LogP contribution is 2.20. The van der Waals surface area contributed by atoms with Crippen molar-refractivity contribution in [3.05, 3.63) is 80.2 Å². The largest absolute Gasteiger partial charge is 0.310 e. The van der Waals surface area contributed by atoms with Gasteiger partial charge in [0.1, 0.15) is 0 Å². The molecule has 7 heteroatoms. The minimum atomic E-state index is -1.88. The van der Waals surface area contributed by atoms with Gasteiger partial charge in [-0.25, -0.2) is 4.21 Å². The van der Waals surface area contributed by atoms with Crippen LogP contribution in [0.2, 0.25) is 0 Å². The van der Waals surface area contributed by atoms with Gasteiger partial charge in [-0.3, -0.25) is 9.59 Å². The summed E-state index contributed by atoms with van der Waals surface area (Å²) in [4.78, 5) is 24.1. The van der Waals surface area contributed by atoms with Gasteiger partial charge in [0.05, 0.1) is 12.3 Å². The summed E-state index contributed by atoms with van der Waals surface area (Å²) in [6.45, 7) is 0.314. The van der Waals surface area contributed by atoms with E-state index in [0.717, 1.165) is 21.9 Å². The van der Waals surface area contributed by atoms with Crippen molar-refractivity contribution in [3.8, 4) is 0 Å². The van der Waals surface area contributed by atoms with Crippen LogP contribution in [-0.2, 0) is 23.4 Å². The Morgan fingerprint density at radius 2 is 1.76 bits per heavy atom. The lowest BCUT2D eigenvalue weighted by Gasteiger charge is -2.10. The summed E-state index contributed by atoms with van der Waals surface area (Å²) in [5.74, 6) is 0.0698. The second-order valence-electron chi connectivity index (χ2n) is 5.61. The Morgan fingerprint density at radius 3 is 2.40 bits per heavy atom. The molecular formula is C18H14BrNO4S. The molecule has 3 aromatic rings. The summed E-state index contributed by atoms with van der Waals surface area (Å²) in [6, 6.07) is 12.4. The number of benzene rings is 2. The fourth-order valence-electron chi connectivity index (χ4n) is 2.68. The van der Waals surface area contributed by atoms with Crippen molar-refractivity contribution in [2.24, 2.45) is 0 Å². The van der Waals surface area contributed by atoms with E-state index in [4.69, 9.17) is 4.55 Å². The molecule has 1 atom stereocenters. The van der Waals surface area contributed by atoms with Gasteiger partial charge < -0.3 is 9.12 Å². The number of carbonyl (C=O) groups is 1. The molecule has 0 amide bonds. The number of aromatic nitrogens is 1. The van der Waals surface area contributed by atoms with E-state index in [2.05, 4.69) is 15.9 Å². The molecule has 1 heterocycles. The van der Waals surface area contributed by atoms with Crippen molar-refractivity contribution >= 4 is 44.1 Å². The number of nitrogens with zero attached hydrogens (tertiary/aromatic N) is 1. The summed E-state index contributed by atoms with van der Waals surface area (Å²) in [5.41, 5.74) is 1.88. The van der Waals surface area contributed by atoms with Crippen molar-refractivity contribution in [1.29, 1.82) is 0 Å². The molecule has 25 heavy (non-hydrogen) atoms. The standard InChI is InChI=1S/C18H14BrNO4S/c19-15-5-6-16-17(7-15)14(10-21)9-20(18(16)22)8-12-1-3-13(4-2-12)11-25(23)24/h1-7,9-10H,8,11H2,(H,23,24). The second kappa shape index (κ2) is 7.43. The number of pyridine rings is 1. The van der Waals surface area contributed by atoms with Gasteiger partial charge in [0, 0.05) is 27.0 Å². The van der Waals surface area contributed by atoms with Crippen LogP contribution >= 0.6 is 15.9 Å². The maximum atomic E-state index is 12.7. The molecule has 0 spiro atoms. The molecule has 1 N–H and O–H groups in total. The number of hydrogen-bond donors (Lipinski definition) is 1. The lowest BCUT2D eigenvalue weighted by Crippen LogP contribution is -2.21. The van der Waals surface area contributed by atoms with Gasteiger partial charge in [0.15, 0.2) is 17.4 Å². The van der Waals surface area contributed by atoms with Crippen molar-refractivity contribution in [2.45, 2.75) is 12.3 Å². The van der Waals surface area contributed by atoms with Gasteiger partial charge >= 0.3 is 0 Å². The number of rotatable bonds is 5. The van der Waals surface area contributed by atoms with E-state index in [1.54, 1.807) is 48.7 Å². The number of aldehydes is 1. The quantitative estimate of drug-likeness (QED) is 0.508. The highest BCUT2D eigenvalue weighted by molar-refractivity contribution is 9.10. The fourth-order valence-corrected chi connectivity index (χ4v) is 3.52. The minimum absolute atomic E-state index is 0.0698. The van der Waals surface area contributed by atoms with Crippen molar-refractivity contribution in [2.75, 3.05) is 0 Å². The van der Waals surface area contributed by atoms with Crippen LogP contribution in [0.25, 0.3) is 10.8 Å². The normalized spacial score (nSPS) is 12.2. The zero-order valence-corrected chi connectivity index (χ0v) is 15.4. The molecule has 0 bridgehead atoms. The Balaban J connectivity index is 2.00. The van der Waals surface area contributed by atoms with E-state index in [-0.39, 0.29) is 11.3 Å². The third-order valence-electron chi connectivity index (χ3n) is 3.87. The van der Waals surface area contributed by atoms with Crippen LogP contribution in [0.1, 0.15) is 21.5 Å². The predicted octanol–water partition coefficient (Wildman–Crippen LogP) is 3.35. The minimum Gasteiger partial charge on any atom is -0.310 e. The van der Waals surface area contributed by atoms with Crippen LogP contribution in [0.3, 0.4) is 0 Å². The molecule has 0 fully saturated rings. The molecule has 1 unspecified atom stereocenters. The van der Waals surface area contributed by atoms with E-state index >= 15 is 0 Å². The monoisotopic (exact) mass is 419 g/mol. The van der Waals surface area contributed by atoms with Crippen molar-refractivity contribution < 1.29 is 13.6 Å². The summed E-state index contributed by atoms with van der Waals surface area (Å²) in [6.07, 6.45) is 2.30. The Hall–Kier alpha value is -2.09. The summed E-state index contributed by atoms with van der Waals surface area (Å²) < 4.78 is 22.1. The topological polar surface area (TPSA) is 76.4 Å². The van der Waals surface area contributed by atoms with Crippen molar-refractivity contribution in [3.63, 3.8) is 0 Å². The molecule has 0 aliphatic rings. The SMILES string of the molecule is O=Cc1cn(Cc2ccc(CS(=O)O)cc2)c(=O)c2ccc(Br)cc12. The van der Waals surface area contributed by atoms with Crippen LogP contribution in [0, 0.1) is 0 Å². The third kappa shape index (κ3) is 3.95. The van der Waals surface area contributed by atoms with E-state index in [1.807, 2.05) is 0 Å². The summed E-state index contributed by atoms with van der Waals surface area (Å²) in [5, 5.41) is 1.10. The number of hydrogen-bond acceptors (Lipinski definition) is 3. The Morgan fingerprint density at radius 1 is 1.08 bits per heavy atom. The molecule has 1 aromatic heterocycles. The zero-order chi connectivity index (χ0) is 18.0. The first-order valence-electron chi connectivity index (χ1n) is 7.41. The molecule has 0 radical (unpaired) electrons. The molecule has 0 aliphatic carbocycles. The Labute approximate surface area is 154 Å². The molecule has 3 rings (SSSR count). The Bertz CT molecular complexity index is 1030. The smallest absolute Gasteiger partial charge is 0.258 e. The van der Waals surface area contributed by atoms with E-state index in [9.17, 15) is 13.8 Å². The van der Waals surface area contributed by atoms with Gasteiger partial charge in [0.2, 0.25) is 0 Å². The van der Waals surface area contributed by atoms with Crippen LogP contribution in [0.5, 0.6) is 0 Å². The average Bonchev–Trinajstić information content (AvgIpc) is 2.58. The molecule has 2 aromatic carbocycles. The highest BCUT2D eigenvalue weighted by atomic mass is 79.9. The molecule has 5 nitrogen and oxygen atoms in total. The number of fused-ring (bicyclic) bond motifs is 1. The molecule has 0 saturated carbocycles. The summed E-state index contributed by atoms with van der Waals surface area (Å²) in [7, 11) is 0. The van der Waals surface area contributed by atoms with Crippen LogP contribution in [-0.4, -0.2) is 19.6 Å². The highest BCUT2D eigenvalue weighted by Gasteiger charge is 2.09. The van der Waals surface area contributed by atoms with E-state index in [1.165, 1.54) is 4.57 Å². The maximum absolute atomic E-state index is 12.7. The predicted molar refractivity (Wildman–Crippen MR) is 101 cm³/mol. The fraction of sp³-hybridized carbons (Fsp3) is 0.111. The Kier molecular flexibility index (Phi) is 5.27. The average molecular weight is 420 g/mol. The number of carbonyl (C=O) groups excluding carboxylic acids is 1. The van der Waals surface area contributed by atoms with Gasteiger partial charge in [-0.05, 0) is 29.3 Å². The molecule has 0 saturated heterocycles. The van der Waals surface area contributed by atoms with Gasteiger partial charge in [-0.15, -0.1) is 0 Å². The van der Waals surface area contributed by atoms with Crippen LogP contribution in [0.15, 0.2) is 57.9 Å². The lowest BCUT2D eigenvalue weighted by atomic mass is 10.1. The second-order valence-corrected chi connectivity index (χ2v) is 7.45.